The molecule has 0 spiro atoms. The number of nitriles is 1. The van der Waals surface area contributed by atoms with E-state index in [1.807, 2.05) is 43.4 Å². The predicted octanol–water partition coefficient (Wildman–Crippen LogP) is 4.22. The van der Waals surface area contributed by atoms with Crippen LogP contribution in [0.2, 0.25) is 0 Å². The maximum atomic E-state index is 8.94. The van der Waals surface area contributed by atoms with Gasteiger partial charge in [0.25, 0.3) is 0 Å². The lowest BCUT2D eigenvalue weighted by atomic mass is 10.1. The number of hydrogen-bond acceptors (Lipinski definition) is 2. The molecule has 2 rings (SSSR count). The van der Waals surface area contributed by atoms with Gasteiger partial charge in [-0.05, 0) is 29.8 Å². The maximum absolute atomic E-state index is 8.94. The summed E-state index contributed by atoms with van der Waals surface area (Å²) in [5.41, 5.74) is 4.06. The zero-order valence-electron chi connectivity index (χ0n) is 10.1. The fraction of sp³-hybridized carbons (Fsp3) is 0.133. The van der Waals surface area contributed by atoms with Gasteiger partial charge in [-0.15, -0.1) is 0 Å². The van der Waals surface area contributed by atoms with Crippen molar-refractivity contribution < 1.29 is 0 Å². The van der Waals surface area contributed by atoms with Gasteiger partial charge in [-0.1, -0.05) is 40.2 Å². The Balaban J connectivity index is 2.41. The van der Waals surface area contributed by atoms with Gasteiger partial charge in [0, 0.05) is 23.8 Å². The molecular weight excluding hydrogens is 288 g/mol. The Kier molecular flexibility index (Phi) is 4.01. The van der Waals surface area contributed by atoms with E-state index in [1.54, 1.807) is 0 Å². The van der Waals surface area contributed by atoms with Crippen LogP contribution in [0.3, 0.4) is 0 Å². The fourth-order valence-electron chi connectivity index (χ4n) is 1.87. The lowest BCUT2D eigenvalue weighted by molar-refractivity contribution is 1.18. The summed E-state index contributed by atoms with van der Waals surface area (Å²) in [5.74, 6) is 0. The molecule has 0 aliphatic rings. The van der Waals surface area contributed by atoms with Crippen LogP contribution in [0.25, 0.3) is 0 Å². The first-order chi connectivity index (χ1) is 8.76. The Hall–Kier alpha value is -1.79. The molecule has 0 amide bonds. The molecule has 18 heavy (non-hydrogen) atoms. The second kappa shape index (κ2) is 5.70. The van der Waals surface area contributed by atoms with E-state index >= 15 is 0 Å². The molecule has 3 heteroatoms. The van der Waals surface area contributed by atoms with Crippen LogP contribution < -0.4 is 4.90 Å². The van der Waals surface area contributed by atoms with E-state index in [9.17, 15) is 0 Å². The van der Waals surface area contributed by atoms with Gasteiger partial charge in [-0.25, -0.2) is 0 Å². The molecule has 0 saturated heterocycles. The molecule has 0 aromatic heterocycles. The van der Waals surface area contributed by atoms with Crippen molar-refractivity contribution >= 4 is 27.3 Å². The van der Waals surface area contributed by atoms with E-state index in [2.05, 4.69) is 39.0 Å². The first-order valence-electron chi connectivity index (χ1n) is 5.64. The van der Waals surface area contributed by atoms with E-state index < -0.39 is 0 Å². The second-order valence-corrected chi connectivity index (χ2v) is 4.54. The lowest BCUT2D eigenvalue weighted by Gasteiger charge is -2.22. The average Bonchev–Trinajstić information content (AvgIpc) is 2.46. The molecule has 0 atom stereocenters. The highest BCUT2D eigenvalue weighted by Gasteiger charge is 2.08. The SMILES string of the molecule is CN(c1cccc(C#N)c1)c1ccccc1CBr. The number of para-hydroxylation sites is 1. The van der Waals surface area contributed by atoms with Crippen molar-refractivity contribution in [2.45, 2.75) is 5.33 Å². The predicted molar refractivity (Wildman–Crippen MR) is 78.3 cm³/mol. The summed E-state index contributed by atoms with van der Waals surface area (Å²) in [7, 11) is 2.01. The lowest BCUT2D eigenvalue weighted by Crippen LogP contribution is -2.11. The van der Waals surface area contributed by atoms with E-state index in [-0.39, 0.29) is 0 Å². The summed E-state index contributed by atoms with van der Waals surface area (Å²) in [6.45, 7) is 0. The maximum Gasteiger partial charge on any atom is 0.0992 e. The summed E-state index contributed by atoms with van der Waals surface area (Å²) in [6, 6.07) is 18.0. The number of benzene rings is 2. The van der Waals surface area contributed by atoms with Crippen LogP contribution in [-0.4, -0.2) is 7.05 Å². The Morgan fingerprint density at radius 1 is 1.17 bits per heavy atom. The Morgan fingerprint density at radius 3 is 2.67 bits per heavy atom. The zero-order valence-corrected chi connectivity index (χ0v) is 11.7. The van der Waals surface area contributed by atoms with Gasteiger partial charge in [-0.2, -0.15) is 5.26 Å². The molecule has 0 N–H and O–H groups in total. The van der Waals surface area contributed by atoms with E-state index in [0.29, 0.717) is 5.56 Å². The number of hydrogen-bond donors (Lipinski definition) is 0. The summed E-state index contributed by atoms with van der Waals surface area (Å²) in [4.78, 5) is 2.09. The highest BCUT2D eigenvalue weighted by Crippen LogP contribution is 2.28. The molecule has 2 aromatic carbocycles. The first-order valence-corrected chi connectivity index (χ1v) is 6.76. The van der Waals surface area contributed by atoms with Crippen LogP contribution in [0, 0.1) is 11.3 Å². The minimum atomic E-state index is 0.677. The fourth-order valence-corrected chi connectivity index (χ4v) is 2.35. The van der Waals surface area contributed by atoms with Gasteiger partial charge in [0.15, 0.2) is 0 Å². The minimum Gasteiger partial charge on any atom is -0.344 e. The van der Waals surface area contributed by atoms with E-state index in [1.165, 1.54) is 5.56 Å². The van der Waals surface area contributed by atoms with Crippen molar-refractivity contribution in [1.29, 1.82) is 5.26 Å². The van der Waals surface area contributed by atoms with Crippen LogP contribution in [0.4, 0.5) is 11.4 Å². The summed E-state index contributed by atoms with van der Waals surface area (Å²) in [5, 5.41) is 9.75. The summed E-state index contributed by atoms with van der Waals surface area (Å²) >= 11 is 3.50. The molecular formula is C15H13BrN2. The highest BCUT2D eigenvalue weighted by atomic mass is 79.9. The van der Waals surface area contributed by atoms with Gasteiger partial charge in [0.1, 0.15) is 0 Å². The molecule has 0 saturated carbocycles. The number of halogens is 1. The third-order valence-corrected chi connectivity index (χ3v) is 3.46. The third-order valence-electron chi connectivity index (χ3n) is 2.86. The van der Waals surface area contributed by atoms with Crippen LogP contribution in [0.15, 0.2) is 48.5 Å². The van der Waals surface area contributed by atoms with Crippen LogP contribution in [0.5, 0.6) is 0 Å². The highest BCUT2D eigenvalue weighted by molar-refractivity contribution is 9.08. The topological polar surface area (TPSA) is 27.0 Å². The molecule has 0 fully saturated rings. The van der Waals surface area contributed by atoms with E-state index in [0.717, 1.165) is 16.7 Å². The third kappa shape index (κ3) is 2.55. The first kappa shape index (κ1) is 12.7. The van der Waals surface area contributed by atoms with Gasteiger partial charge in [0.2, 0.25) is 0 Å². The summed E-state index contributed by atoms with van der Waals surface area (Å²) < 4.78 is 0. The largest absolute Gasteiger partial charge is 0.344 e. The van der Waals surface area contributed by atoms with Crippen molar-refractivity contribution in [3.63, 3.8) is 0 Å². The Bertz CT molecular complexity index is 587. The molecule has 2 nitrogen and oxygen atoms in total. The van der Waals surface area contributed by atoms with Crippen molar-refractivity contribution in [1.82, 2.24) is 0 Å². The standard InChI is InChI=1S/C15H13BrN2/c1-18(14-7-4-5-12(9-14)11-17)15-8-3-2-6-13(15)10-16/h2-9H,10H2,1H3. The van der Waals surface area contributed by atoms with Crippen molar-refractivity contribution in [3.8, 4) is 6.07 Å². The molecule has 2 aromatic rings. The normalized spacial score (nSPS) is 9.83. The number of anilines is 2. The number of alkyl halides is 1. The Morgan fingerprint density at radius 2 is 1.94 bits per heavy atom. The molecule has 0 aliphatic carbocycles. The van der Waals surface area contributed by atoms with Gasteiger partial charge < -0.3 is 4.90 Å². The second-order valence-electron chi connectivity index (χ2n) is 3.98. The van der Waals surface area contributed by atoms with Crippen molar-refractivity contribution in [2.24, 2.45) is 0 Å². The minimum absolute atomic E-state index is 0.677. The van der Waals surface area contributed by atoms with E-state index in [4.69, 9.17) is 5.26 Å². The summed E-state index contributed by atoms with van der Waals surface area (Å²) in [6.07, 6.45) is 0. The van der Waals surface area contributed by atoms with Gasteiger partial charge >= 0.3 is 0 Å². The Labute approximate surface area is 116 Å². The number of nitrogens with zero attached hydrogens (tertiary/aromatic N) is 2. The smallest absolute Gasteiger partial charge is 0.0992 e. The zero-order chi connectivity index (χ0) is 13.0. The van der Waals surface area contributed by atoms with Crippen LogP contribution in [-0.2, 0) is 5.33 Å². The average molecular weight is 301 g/mol. The molecule has 0 heterocycles. The quantitative estimate of drug-likeness (QED) is 0.794. The number of rotatable bonds is 3. The van der Waals surface area contributed by atoms with Crippen LogP contribution >= 0.6 is 15.9 Å². The van der Waals surface area contributed by atoms with Crippen molar-refractivity contribution in [2.75, 3.05) is 11.9 Å². The van der Waals surface area contributed by atoms with Crippen LogP contribution in [0.1, 0.15) is 11.1 Å². The molecule has 0 aliphatic heterocycles. The molecule has 0 unspecified atom stereocenters. The molecule has 0 radical (unpaired) electrons. The molecule has 0 bridgehead atoms. The monoisotopic (exact) mass is 300 g/mol. The van der Waals surface area contributed by atoms with Gasteiger partial charge in [-0.3, -0.25) is 0 Å². The van der Waals surface area contributed by atoms with Crippen molar-refractivity contribution in [3.05, 3.63) is 59.7 Å². The van der Waals surface area contributed by atoms with Gasteiger partial charge in [0.05, 0.1) is 11.6 Å². The molecule has 90 valence electrons.